The molecule has 0 aliphatic carbocycles. The lowest BCUT2D eigenvalue weighted by atomic mass is 10.2. The molecule has 16 heavy (non-hydrogen) atoms. The monoisotopic (exact) mass is 219 g/mol. The third-order valence-electron chi connectivity index (χ3n) is 2.19. The predicted molar refractivity (Wildman–Crippen MR) is 65.3 cm³/mol. The van der Waals surface area contributed by atoms with E-state index >= 15 is 0 Å². The smallest absolute Gasteiger partial charge is 0.269 e. The minimum Gasteiger partial charge on any atom is -0.364 e. The van der Waals surface area contributed by atoms with Gasteiger partial charge in [-0.3, -0.25) is 4.79 Å². The van der Waals surface area contributed by atoms with Crippen LogP contribution in [0.25, 0.3) is 10.9 Å². The molecule has 0 saturated carbocycles. The van der Waals surface area contributed by atoms with E-state index in [1.54, 1.807) is 6.20 Å². The lowest BCUT2D eigenvalue weighted by Gasteiger charge is -2.01. The molecule has 0 radical (unpaired) electrons. The second-order valence-corrected chi connectivity index (χ2v) is 3.12. The number of carbonyl (C=O) groups is 1. The Morgan fingerprint density at radius 2 is 2.19 bits per heavy atom. The minimum absolute atomic E-state index is 0.323. The molecule has 0 aliphatic heterocycles. The molecule has 3 N–H and O–H groups in total. The van der Waals surface area contributed by atoms with Gasteiger partial charge in [0.1, 0.15) is 0 Å². The maximum absolute atomic E-state index is 11.1. The lowest BCUT2D eigenvalue weighted by molar-refractivity contribution is 0.0997. The van der Waals surface area contributed by atoms with Crippen molar-refractivity contribution in [1.82, 2.24) is 9.97 Å². The highest BCUT2D eigenvalue weighted by molar-refractivity contribution is 6.03. The number of carbonyl (C=O) groups excluding carboxylic acids is 1. The molecular formula is C12H17N3O. The lowest BCUT2D eigenvalue weighted by Crippen LogP contribution is -2.14. The molecule has 2 aromatic heterocycles. The number of aromatic amines is 1. The van der Waals surface area contributed by atoms with Gasteiger partial charge in [-0.05, 0) is 18.6 Å². The summed E-state index contributed by atoms with van der Waals surface area (Å²) in [5, 5.41) is 0.977. The molecule has 0 spiro atoms. The molecule has 2 aromatic rings. The van der Waals surface area contributed by atoms with E-state index in [0.717, 1.165) is 23.0 Å². The van der Waals surface area contributed by atoms with E-state index < -0.39 is 5.91 Å². The van der Waals surface area contributed by atoms with Crippen LogP contribution in [0.2, 0.25) is 0 Å². The Morgan fingerprint density at radius 1 is 1.50 bits per heavy atom. The van der Waals surface area contributed by atoms with Crippen LogP contribution in [0.3, 0.4) is 0 Å². The van der Waals surface area contributed by atoms with Gasteiger partial charge >= 0.3 is 0 Å². The minimum atomic E-state index is -0.493. The SMILES string of the molecule is CC.CCc1cc2cc[nH]c2c(C(N)=O)n1. The summed E-state index contributed by atoms with van der Waals surface area (Å²) in [6.07, 6.45) is 2.57. The van der Waals surface area contributed by atoms with Crippen molar-refractivity contribution in [3.05, 3.63) is 29.7 Å². The van der Waals surface area contributed by atoms with Crippen LogP contribution in [0.1, 0.15) is 37.0 Å². The Morgan fingerprint density at radius 3 is 2.75 bits per heavy atom. The van der Waals surface area contributed by atoms with E-state index in [-0.39, 0.29) is 0 Å². The Balaban J connectivity index is 0.000000606. The highest BCUT2D eigenvalue weighted by Gasteiger charge is 2.10. The van der Waals surface area contributed by atoms with Crippen LogP contribution in [0.5, 0.6) is 0 Å². The quantitative estimate of drug-likeness (QED) is 0.813. The number of pyridine rings is 1. The zero-order valence-corrected chi connectivity index (χ0v) is 9.87. The van der Waals surface area contributed by atoms with Crippen molar-refractivity contribution in [3.8, 4) is 0 Å². The summed E-state index contributed by atoms with van der Waals surface area (Å²) >= 11 is 0. The number of hydrogen-bond donors (Lipinski definition) is 2. The summed E-state index contributed by atoms with van der Waals surface area (Å²) in [6, 6.07) is 3.86. The number of H-pyrrole nitrogens is 1. The first-order valence-electron chi connectivity index (χ1n) is 5.49. The van der Waals surface area contributed by atoms with E-state index in [1.807, 2.05) is 32.9 Å². The fraction of sp³-hybridized carbons (Fsp3) is 0.333. The predicted octanol–water partition coefficient (Wildman–Crippen LogP) is 2.25. The number of fused-ring (bicyclic) bond motifs is 1. The van der Waals surface area contributed by atoms with Gasteiger partial charge in [-0.2, -0.15) is 0 Å². The van der Waals surface area contributed by atoms with Crippen molar-refractivity contribution in [1.29, 1.82) is 0 Å². The Hall–Kier alpha value is -1.84. The van der Waals surface area contributed by atoms with Gasteiger partial charge in [-0.1, -0.05) is 20.8 Å². The number of nitrogens with two attached hydrogens (primary N) is 1. The first kappa shape index (κ1) is 12.2. The molecule has 2 rings (SSSR count). The van der Waals surface area contributed by atoms with Gasteiger partial charge in [0.2, 0.25) is 0 Å². The van der Waals surface area contributed by atoms with Crippen molar-refractivity contribution < 1.29 is 4.79 Å². The van der Waals surface area contributed by atoms with E-state index in [9.17, 15) is 4.79 Å². The average molecular weight is 219 g/mol. The van der Waals surface area contributed by atoms with Crippen LogP contribution in [0, 0.1) is 0 Å². The molecule has 0 aliphatic rings. The number of amides is 1. The highest BCUT2D eigenvalue weighted by Crippen LogP contribution is 2.16. The summed E-state index contributed by atoms with van der Waals surface area (Å²) in [6.45, 7) is 5.99. The van der Waals surface area contributed by atoms with Gasteiger partial charge < -0.3 is 10.7 Å². The average Bonchev–Trinajstić information content (AvgIpc) is 2.77. The maximum Gasteiger partial charge on any atom is 0.269 e. The molecule has 0 fully saturated rings. The number of rotatable bonds is 2. The van der Waals surface area contributed by atoms with Crippen LogP contribution in [-0.4, -0.2) is 15.9 Å². The number of aromatic nitrogens is 2. The Labute approximate surface area is 94.9 Å². The van der Waals surface area contributed by atoms with Crippen LogP contribution in [0.15, 0.2) is 18.3 Å². The normalized spacial score (nSPS) is 9.69. The molecule has 0 unspecified atom stereocenters. The van der Waals surface area contributed by atoms with Gasteiger partial charge in [-0.25, -0.2) is 4.98 Å². The topological polar surface area (TPSA) is 71.8 Å². The van der Waals surface area contributed by atoms with Crippen LogP contribution < -0.4 is 5.73 Å². The second-order valence-electron chi connectivity index (χ2n) is 3.12. The maximum atomic E-state index is 11.1. The first-order valence-corrected chi connectivity index (χ1v) is 5.49. The fourth-order valence-electron chi connectivity index (χ4n) is 1.48. The molecule has 0 aromatic carbocycles. The molecule has 1 amide bonds. The van der Waals surface area contributed by atoms with Crippen LogP contribution in [0.4, 0.5) is 0 Å². The number of hydrogen-bond acceptors (Lipinski definition) is 2. The van der Waals surface area contributed by atoms with Crippen molar-refractivity contribution in [2.45, 2.75) is 27.2 Å². The zero-order valence-electron chi connectivity index (χ0n) is 9.87. The molecule has 4 heteroatoms. The van der Waals surface area contributed by atoms with Crippen molar-refractivity contribution in [2.75, 3.05) is 0 Å². The third kappa shape index (κ3) is 2.21. The zero-order chi connectivity index (χ0) is 12.1. The molecule has 2 heterocycles. The standard InChI is InChI=1S/C10H11N3O.C2H6/c1-2-7-5-6-3-4-12-8(6)9(13-7)10(11)14;1-2/h3-5,12H,2H2,1H3,(H2,11,14);1-2H3. The van der Waals surface area contributed by atoms with Gasteiger partial charge in [0, 0.05) is 17.3 Å². The van der Waals surface area contributed by atoms with Crippen molar-refractivity contribution >= 4 is 16.8 Å². The van der Waals surface area contributed by atoms with Gasteiger partial charge in [-0.15, -0.1) is 0 Å². The number of primary amides is 1. The fourth-order valence-corrected chi connectivity index (χ4v) is 1.48. The number of nitrogens with zero attached hydrogens (tertiary/aromatic N) is 1. The van der Waals surface area contributed by atoms with E-state index in [0.29, 0.717) is 5.69 Å². The molecule has 0 saturated heterocycles. The van der Waals surface area contributed by atoms with Gasteiger partial charge in [0.05, 0.1) is 5.52 Å². The highest BCUT2D eigenvalue weighted by atomic mass is 16.1. The van der Waals surface area contributed by atoms with Crippen LogP contribution >= 0.6 is 0 Å². The van der Waals surface area contributed by atoms with E-state index in [2.05, 4.69) is 9.97 Å². The third-order valence-corrected chi connectivity index (χ3v) is 2.19. The number of aryl methyl sites for hydroxylation is 1. The first-order chi connectivity index (χ1) is 7.72. The van der Waals surface area contributed by atoms with Crippen molar-refractivity contribution in [3.63, 3.8) is 0 Å². The van der Waals surface area contributed by atoms with Crippen LogP contribution in [-0.2, 0) is 6.42 Å². The molecular weight excluding hydrogens is 202 g/mol. The second kappa shape index (κ2) is 5.30. The van der Waals surface area contributed by atoms with Gasteiger partial charge in [0.15, 0.2) is 5.69 Å². The molecule has 0 atom stereocenters. The van der Waals surface area contributed by atoms with E-state index in [4.69, 9.17) is 5.73 Å². The van der Waals surface area contributed by atoms with E-state index in [1.165, 1.54) is 0 Å². The van der Waals surface area contributed by atoms with Gasteiger partial charge in [0.25, 0.3) is 5.91 Å². The summed E-state index contributed by atoms with van der Waals surface area (Å²) in [4.78, 5) is 18.3. The summed E-state index contributed by atoms with van der Waals surface area (Å²) in [7, 11) is 0. The molecule has 86 valence electrons. The largest absolute Gasteiger partial charge is 0.364 e. The number of nitrogens with one attached hydrogen (secondary N) is 1. The Kier molecular flexibility index (Phi) is 4.05. The van der Waals surface area contributed by atoms with Crippen molar-refractivity contribution in [2.24, 2.45) is 5.73 Å². The summed E-state index contributed by atoms with van der Waals surface area (Å²) < 4.78 is 0. The molecule has 0 bridgehead atoms. The molecule has 4 nitrogen and oxygen atoms in total. The summed E-state index contributed by atoms with van der Waals surface area (Å²) in [5.74, 6) is -0.493. The summed E-state index contributed by atoms with van der Waals surface area (Å²) in [5.41, 5.74) is 7.16. The Bertz CT molecular complexity index is 488.